The largest absolute Gasteiger partial charge is 0.383 e. The molecule has 0 radical (unpaired) electrons. The van der Waals surface area contributed by atoms with E-state index in [1.165, 1.54) is 4.90 Å². The minimum Gasteiger partial charge on any atom is -0.383 e. The van der Waals surface area contributed by atoms with E-state index in [0.29, 0.717) is 32.0 Å². The lowest BCUT2D eigenvalue weighted by molar-refractivity contribution is -0.144. The predicted octanol–water partition coefficient (Wildman–Crippen LogP) is 2.18. The van der Waals surface area contributed by atoms with Crippen LogP contribution in [0.3, 0.4) is 0 Å². The molecule has 6 nitrogen and oxygen atoms in total. The fourth-order valence-electron chi connectivity index (χ4n) is 2.37. The summed E-state index contributed by atoms with van der Waals surface area (Å²) in [6, 6.07) is 5.83. The first-order valence-electron chi connectivity index (χ1n) is 8.10. The molecule has 0 aliphatic carbocycles. The topological polar surface area (TPSA) is 67.9 Å². The molecule has 0 saturated heterocycles. The minimum absolute atomic E-state index is 0.244. The SMILES string of the molecule is COCCN(CCOC)C(=O)C(=O)Nc1c(C)cccc1C(C)C. The van der Waals surface area contributed by atoms with Crippen molar-refractivity contribution in [3.8, 4) is 0 Å². The fraction of sp³-hybridized carbons (Fsp3) is 0.556. The van der Waals surface area contributed by atoms with Crippen molar-refractivity contribution in [3.63, 3.8) is 0 Å². The molecule has 1 aromatic rings. The third-order valence-electron chi connectivity index (χ3n) is 3.78. The van der Waals surface area contributed by atoms with E-state index in [0.717, 1.165) is 11.1 Å². The number of carbonyl (C=O) groups excluding carboxylic acids is 2. The number of benzene rings is 1. The van der Waals surface area contributed by atoms with E-state index in [1.807, 2.05) is 25.1 Å². The van der Waals surface area contributed by atoms with Crippen molar-refractivity contribution in [2.45, 2.75) is 26.7 Å². The van der Waals surface area contributed by atoms with Crippen LogP contribution in [0.5, 0.6) is 0 Å². The third-order valence-corrected chi connectivity index (χ3v) is 3.78. The molecule has 0 bridgehead atoms. The van der Waals surface area contributed by atoms with Crippen LogP contribution in [0, 0.1) is 6.92 Å². The summed E-state index contributed by atoms with van der Waals surface area (Å²) >= 11 is 0. The van der Waals surface area contributed by atoms with Gasteiger partial charge in [-0.05, 0) is 24.0 Å². The molecular weight excluding hydrogens is 308 g/mol. The van der Waals surface area contributed by atoms with Crippen LogP contribution in [-0.4, -0.2) is 57.2 Å². The zero-order valence-corrected chi connectivity index (χ0v) is 15.2. The second-order valence-corrected chi connectivity index (χ2v) is 5.93. The van der Waals surface area contributed by atoms with Crippen LogP contribution >= 0.6 is 0 Å². The number of rotatable bonds is 8. The highest BCUT2D eigenvalue weighted by atomic mass is 16.5. The van der Waals surface area contributed by atoms with Crippen LogP contribution in [0.2, 0.25) is 0 Å². The Hall–Kier alpha value is -1.92. The molecule has 0 unspecified atom stereocenters. The first kappa shape index (κ1) is 20.1. The van der Waals surface area contributed by atoms with Gasteiger partial charge in [0.2, 0.25) is 0 Å². The Bertz CT molecular complexity index is 550. The number of nitrogens with zero attached hydrogens (tertiary/aromatic N) is 1. The lowest BCUT2D eigenvalue weighted by Gasteiger charge is -2.22. The lowest BCUT2D eigenvalue weighted by atomic mass is 9.98. The smallest absolute Gasteiger partial charge is 0.313 e. The second kappa shape index (κ2) is 10.1. The van der Waals surface area contributed by atoms with E-state index in [1.54, 1.807) is 14.2 Å². The average molecular weight is 336 g/mol. The van der Waals surface area contributed by atoms with Gasteiger partial charge in [0.15, 0.2) is 0 Å². The molecule has 1 N–H and O–H groups in total. The molecular formula is C18H28N2O4. The number of ether oxygens (including phenoxy) is 2. The number of nitrogens with one attached hydrogen (secondary N) is 1. The van der Waals surface area contributed by atoms with Crippen LogP contribution in [-0.2, 0) is 19.1 Å². The maximum absolute atomic E-state index is 12.5. The molecule has 6 heteroatoms. The van der Waals surface area contributed by atoms with E-state index < -0.39 is 11.8 Å². The zero-order chi connectivity index (χ0) is 18.1. The Morgan fingerprint density at radius 2 is 1.71 bits per heavy atom. The van der Waals surface area contributed by atoms with Gasteiger partial charge < -0.3 is 19.7 Å². The average Bonchev–Trinajstić information content (AvgIpc) is 2.56. The molecule has 0 saturated carbocycles. The lowest BCUT2D eigenvalue weighted by Crippen LogP contribution is -2.43. The van der Waals surface area contributed by atoms with Crippen LogP contribution in [0.15, 0.2) is 18.2 Å². The Balaban J connectivity index is 2.90. The van der Waals surface area contributed by atoms with Gasteiger partial charge >= 0.3 is 11.8 Å². The number of hydrogen-bond acceptors (Lipinski definition) is 4. The Labute approximate surface area is 144 Å². The van der Waals surface area contributed by atoms with Gasteiger partial charge in [0.05, 0.1) is 13.2 Å². The molecule has 0 atom stereocenters. The molecule has 0 aromatic heterocycles. The quantitative estimate of drug-likeness (QED) is 0.739. The van der Waals surface area contributed by atoms with Gasteiger partial charge in [0, 0.05) is 33.0 Å². The highest BCUT2D eigenvalue weighted by molar-refractivity contribution is 6.39. The van der Waals surface area contributed by atoms with E-state index in [2.05, 4.69) is 19.2 Å². The predicted molar refractivity (Wildman–Crippen MR) is 94.2 cm³/mol. The number of methoxy groups -OCH3 is 2. The second-order valence-electron chi connectivity index (χ2n) is 5.93. The van der Waals surface area contributed by atoms with E-state index >= 15 is 0 Å². The Morgan fingerprint density at radius 1 is 1.12 bits per heavy atom. The number of hydrogen-bond donors (Lipinski definition) is 1. The van der Waals surface area contributed by atoms with Gasteiger partial charge in [-0.2, -0.15) is 0 Å². The van der Waals surface area contributed by atoms with Gasteiger partial charge in [-0.25, -0.2) is 0 Å². The van der Waals surface area contributed by atoms with Gasteiger partial charge in [-0.1, -0.05) is 32.0 Å². The number of carbonyl (C=O) groups is 2. The summed E-state index contributed by atoms with van der Waals surface area (Å²) in [6.45, 7) is 7.44. The van der Waals surface area contributed by atoms with Crippen molar-refractivity contribution in [1.82, 2.24) is 4.90 Å². The molecule has 0 spiro atoms. The van der Waals surface area contributed by atoms with E-state index in [9.17, 15) is 9.59 Å². The summed E-state index contributed by atoms with van der Waals surface area (Å²) in [5.41, 5.74) is 2.66. The van der Waals surface area contributed by atoms with Crippen molar-refractivity contribution in [2.75, 3.05) is 45.8 Å². The van der Waals surface area contributed by atoms with Crippen LogP contribution in [0.1, 0.15) is 30.9 Å². The van der Waals surface area contributed by atoms with Gasteiger partial charge in [-0.3, -0.25) is 9.59 Å². The van der Waals surface area contributed by atoms with Gasteiger partial charge in [0.1, 0.15) is 0 Å². The normalized spacial score (nSPS) is 10.8. The molecule has 0 aliphatic heterocycles. The van der Waals surface area contributed by atoms with Crippen LogP contribution in [0.25, 0.3) is 0 Å². The standard InChI is InChI=1S/C18H28N2O4/c1-13(2)15-8-6-7-14(3)16(15)19-17(21)18(22)20(9-11-23-4)10-12-24-5/h6-8,13H,9-12H2,1-5H3,(H,19,21). The summed E-state index contributed by atoms with van der Waals surface area (Å²) in [6.07, 6.45) is 0. The van der Waals surface area contributed by atoms with Crippen LogP contribution in [0.4, 0.5) is 5.69 Å². The summed E-state index contributed by atoms with van der Waals surface area (Å²) in [7, 11) is 3.11. The van der Waals surface area contributed by atoms with Crippen molar-refractivity contribution in [3.05, 3.63) is 29.3 Å². The monoisotopic (exact) mass is 336 g/mol. The highest BCUT2D eigenvalue weighted by Crippen LogP contribution is 2.27. The Morgan fingerprint density at radius 3 is 2.21 bits per heavy atom. The van der Waals surface area contributed by atoms with Crippen molar-refractivity contribution < 1.29 is 19.1 Å². The molecule has 2 amide bonds. The van der Waals surface area contributed by atoms with Crippen molar-refractivity contribution in [2.24, 2.45) is 0 Å². The Kier molecular flexibility index (Phi) is 8.43. The van der Waals surface area contributed by atoms with Gasteiger partial charge in [-0.15, -0.1) is 0 Å². The highest BCUT2D eigenvalue weighted by Gasteiger charge is 2.23. The summed E-state index contributed by atoms with van der Waals surface area (Å²) in [4.78, 5) is 26.3. The van der Waals surface area contributed by atoms with E-state index in [-0.39, 0.29) is 5.92 Å². The zero-order valence-electron chi connectivity index (χ0n) is 15.2. The maximum Gasteiger partial charge on any atom is 0.313 e. The molecule has 134 valence electrons. The van der Waals surface area contributed by atoms with E-state index in [4.69, 9.17) is 9.47 Å². The fourth-order valence-corrected chi connectivity index (χ4v) is 2.37. The van der Waals surface area contributed by atoms with Crippen molar-refractivity contribution >= 4 is 17.5 Å². The third kappa shape index (κ3) is 5.62. The summed E-state index contributed by atoms with van der Waals surface area (Å²) in [5.74, 6) is -0.978. The molecule has 24 heavy (non-hydrogen) atoms. The molecule has 0 aliphatic rings. The number of anilines is 1. The first-order valence-corrected chi connectivity index (χ1v) is 8.10. The maximum atomic E-state index is 12.5. The molecule has 0 heterocycles. The molecule has 0 fully saturated rings. The van der Waals surface area contributed by atoms with Gasteiger partial charge in [0.25, 0.3) is 0 Å². The van der Waals surface area contributed by atoms with Crippen molar-refractivity contribution in [1.29, 1.82) is 0 Å². The minimum atomic E-state index is -0.640. The van der Waals surface area contributed by atoms with Crippen LogP contribution < -0.4 is 5.32 Å². The summed E-state index contributed by atoms with van der Waals surface area (Å²) in [5, 5.41) is 2.78. The molecule has 1 rings (SSSR count). The number of para-hydroxylation sites is 1. The number of aryl methyl sites for hydroxylation is 1. The number of amides is 2. The molecule has 1 aromatic carbocycles. The first-order chi connectivity index (χ1) is 11.4. The summed E-state index contributed by atoms with van der Waals surface area (Å²) < 4.78 is 10.0.